The molecule has 1 atom stereocenters. The van der Waals surface area contributed by atoms with E-state index in [1.807, 2.05) is 24.3 Å². The zero-order valence-electron chi connectivity index (χ0n) is 15.1. The van der Waals surface area contributed by atoms with Crippen molar-refractivity contribution in [2.45, 2.75) is 26.4 Å². The largest absolute Gasteiger partial charge is 0.507 e. The van der Waals surface area contributed by atoms with E-state index in [4.69, 9.17) is 9.47 Å². The number of carbonyl (C=O) groups is 2. The average molecular weight is 357 g/mol. The first-order valence-corrected chi connectivity index (χ1v) is 8.32. The van der Waals surface area contributed by atoms with E-state index in [2.05, 4.69) is 5.32 Å². The fourth-order valence-electron chi connectivity index (χ4n) is 2.36. The van der Waals surface area contributed by atoms with Crippen LogP contribution >= 0.6 is 0 Å². The Morgan fingerprint density at radius 2 is 1.85 bits per heavy atom. The lowest BCUT2D eigenvalue weighted by atomic mass is 10.1. The molecule has 0 aromatic heterocycles. The van der Waals surface area contributed by atoms with Crippen LogP contribution in [0, 0.1) is 6.92 Å². The van der Waals surface area contributed by atoms with Crippen molar-refractivity contribution in [1.82, 2.24) is 5.32 Å². The van der Waals surface area contributed by atoms with Crippen molar-refractivity contribution in [3.05, 3.63) is 59.2 Å². The first kappa shape index (κ1) is 19.3. The standard InChI is InChI=1S/C20H23NO5/c1-13-4-9-17(18(22)12-13)20(24)26-14(2)19(23)21-11-10-15-5-7-16(25-3)8-6-15/h4-9,12,14,22H,10-11H2,1-3H3,(H,21,23)/t14-/m0/s1. The Kier molecular flexibility index (Phi) is 6.60. The van der Waals surface area contributed by atoms with Crippen molar-refractivity contribution in [2.75, 3.05) is 13.7 Å². The van der Waals surface area contributed by atoms with Gasteiger partial charge in [-0.2, -0.15) is 0 Å². The maximum Gasteiger partial charge on any atom is 0.342 e. The maximum atomic E-state index is 12.1. The molecule has 0 radical (unpaired) electrons. The highest BCUT2D eigenvalue weighted by molar-refractivity contribution is 5.94. The zero-order chi connectivity index (χ0) is 19.1. The first-order valence-electron chi connectivity index (χ1n) is 8.32. The Balaban J connectivity index is 1.82. The molecule has 2 aromatic carbocycles. The molecule has 2 rings (SSSR count). The number of benzene rings is 2. The second-order valence-electron chi connectivity index (χ2n) is 5.96. The first-order chi connectivity index (χ1) is 12.4. The van der Waals surface area contributed by atoms with Gasteiger partial charge in [-0.25, -0.2) is 4.79 Å². The van der Waals surface area contributed by atoms with Crippen LogP contribution in [0.3, 0.4) is 0 Å². The van der Waals surface area contributed by atoms with Gasteiger partial charge in [0.1, 0.15) is 17.1 Å². The van der Waals surface area contributed by atoms with Gasteiger partial charge in [-0.05, 0) is 55.7 Å². The number of phenolic OH excluding ortho intramolecular Hbond substituents is 1. The minimum atomic E-state index is -0.959. The SMILES string of the molecule is COc1ccc(CCNC(=O)[C@H](C)OC(=O)c2ccc(C)cc2O)cc1. The molecule has 0 spiro atoms. The molecule has 0 aliphatic heterocycles. The number of aryl methyl sites for hydroxylation is 1. The van der Waals surface area contributed by atoms with Crippen LogP contribution in [0.15, 0.2) is 42.5 Å². The van der Waals surface area contributed by atoms with E-state index >= 15 is 0 Å². The predicted octanol–water partition coefficient (Wildman–Crippen LogP) is 2.61. The van der Waals surface area contributed by atoms with Gasteiger partial charge >= 0.3 is 5.97 Å². The van der Waals surface area contributed by atoms with Gasteiger partial charge in [0.25, 0.3) is 5.91 Å². The number of hydrogen-bond acceptors (Lipinski definition) is 5. The second-order valence-corrected chi connectivity index (χ2v) is 5.96. The van der Waals surface area contributed by atoms with Crippen molar-refractivity contribution in [3.8, 4) is 11.5 Å². The summed E-state index contributed by atoms with van der Waals surface area (Å²) in [6.45, 7) is 3.71. The number of aromatic hydroxyl groups is 1. The van der Waals surface area contributed by atoms with Crippen LogP contribution in [0.5, 0.6) is 11.5 Å². The van der Waals surface area contributed by atoms with E-state index in [0.717, 1.165) is 16.9 Å². The molecule has 0 saturated heterocycles. The molecule has 0 fully saturated rings. The summed E-state index contributed by atoms with van der Waals surface area (Å²) in [5, 5.41) is 12.5. The van der Waals surface area contributed by atoms with E-state index in [1.165, 1.54) is 19.1 Å². The summed E-state index contributed by atoms with van der Waals surface area (Å²) < 4.78 is 10.2. The van der Waals surface area contributed by atoms with Gasteiger partial charge in [-0.1, -0.05) is 18.2 Å². The van der Waals surface area contributed by atoms with Gasteiger partial charge in [0.15, 0.2) is 6.10 Å². The molecule has 1 amide bonds. The Morgan fingerprint density at radius 3 is 2.46 bits per heavy atom. The van der Waals surface area contributed by atoms with E-state index < -0.39 is 18.0 Å². The molecule has 0 saturated carbocycles. The second kappa shape index (κ2) is 8.89. The van der Waals surface area contributed by atoms with Crippen LogP contribution in [-0.4, -0.2) is 36.7 Å². The van der Waals surface area contributed by atoms with Crippen molar-refractivity contribution < 1.29 is 24.2 Å². The fourth-order valence-corrected chi connectivity index (χ4v) is 2.36. The summed E-state index contributed by atoms with van der Waals surface area (Å²) in [5.74, 6) is -0.515. The van der Waals surface area contributed by atoms with Crippen LogP contribution in [0.4, 0.5) is 0 Å². The van der Waals surface area contributed by atoms with Crippen molar-refractivity contribution >= 4 is 11.9 Å². The van der Waals surface area contributed by atoms with Crippen LogP contribution < -0.4 is 10.1 Å². The molecular weight excluding hydrogens is 334 g/mol. The number of rotatable bonds is 7. The van der Waals surface area contributed by atoms with Crippen molar-refractivity contribution in [3.63, 3.8) is 0 Å². The lowest BCUT2D eigenvalue weighted by Gasteiger charge is -2.14. The highest BCUT2D eigenvalue weighted by Crippen LogP contribution is 2.19. The van der Waals surface area contributed by atoms with Crippen LogP contribution in [0.25, 0.3) is 0 Å². The highest BCUT2D eigenvalue weighted by Gasteiger charge is 2.20. The topological polar surface area (TPSA) is 84.9 Å². The van der Waals surface area contributed by atoms with Crippen LogP contribution in [0.1, 0.15) is 28.4 Å². The molecule has 6 nitrogen and oxygen atoms in total. The Bertz CT molecular complexity index is 770. The highest BCUT2D eigenvalue weighted by atomic mass is 16.5. The van der Waals surface area contributed by atoms with Crippen molar-refractivity contribution in [1.29, 1.82) is 0 Å². The Morgan fingerprint density at radius 1 is 1.15 bits per heavy atom. The lowest BCUT2D eigenvalue weighted by molar-refractivity contribution is -0.129. The number of carbonyl (C=O) groups excluding carboxylic acids is 2. The normalized spacial score (nSPS) is 11.5. The van der Waals surface area contributed by atoms with E-state index in [0.29, 0.717) is 13.0 Å². The van der Waals surface area contributed by atoms with Crippen molar-refractivity contribution in [2.24, 2.45) is 0 Å². The number of ether oxygens (including phenoxy) is 2. The van der Waals surface area contributed by atoms with Crippen LogP contribution in [-0.2, 0) is 16.0 Å². The molecule has 26 heavy (non-hydrogen) atoms. The molecule has 138 valence electrons. The number of hydrogen-bond donors (Lipinski definition) is 2. The third-order valence-electron chi connectivity index (χ3n) is 3.90. The summed E-state index contributed by atoms with van der Waals surface area (Å²) >= 11 is 0. The van der Waals surface area contributed by atoms with Gasteiger partial charge in [-0.15, -0.1) is 0 Å². The summed E-state index contributed by atoms with van der Waals surface area (Å²) in [6.07, 6.45) is -0.311. The fraction of sp³-hybridized carbons (Fsp3) is 0.300. The molecular formula is C20H23NO5. The van der Waals surface area contributed by atoms with E-state index in [9.17, 15) is 14.7 Å². The van der Waals surface area contributed by atoms with Gasteiger partial charge < -0.3 is 19.9 Å². The summed E-state index contributed by atoms with van der Waals surface area (Å²) in [7, 11) is 1.61. The molecule has 6 heteroatoms. The number of esters is 1. The monoisotopic (exact) mass is 357 g/mol. The predicted molar refractivity (Wildman–Crippen MR) is 97.4 cm³/mol. The minimum absolute atomic E-state index is 0.0356. The number of methoxy groups -OCH3 is 1. The summed E-state index contributed by atoms with van der Waals surface area (Å²) in [4.78, 5) is 24.1. The van der Waals surface area contributed by atoms with Gasteiger partial charge in [0.05, 0.1) is 7.11 Å². The van der Waals surface area contributed by atoms with Gasteiger partial charge in [0, 0.05) is 6.54 Å². The van der Waals surface area contributed by atoms with Gasteiger partial charge in [0.2, 0.25) is 0 Å². The molecule has 0 aliphatic rings. The molecule has 2 aromatic rings. The average Bonchev–Trinajstić information content (AvgIpc) is 2.62. The number of amides is 1. The molecule has 0 heterocycles. The molecule has 0 aliphatic carbocycles. The zero-order valence-corrected chi connectivity index (χ0v) is 15.1. The Hall–Kier alpha value is -3.02. The maximum absolute atomic E-state index is 12.1. The van der Waals surface area contributed by atoms with Gasteiger partial charge in [-0.3, -0.25) is 4.79 Å². The summed E-state index contributed by atoms with van der Waals surface area (Å²) in [6, 6.07) is 12.2. The summed E-state index contributed by atoms with van der Waals surface area (Å²) in [5.41, 5.74) is 1.91. The molecule has 2 N–H and O–H groups in total. The molecule has 0 bridgehead atoms. The lowest BCUT2D eigenvalue weighted by Crippen LogP contribution is -2.36. The van der Waals surface area contributed by atoms with Crippen LogP contribution in [0.2, 0.25) is 0 Å². The Labute approximate surface area is 152 Å². The van der Waals surface area contributed by atoms with E-state index in [1.54, 1.807) is 20.1 Å². The number of nitrogens with one attached hydrogen (secondary N) is 1. The quantitative estimate of drug-likeness (QED) is 0.744. The third kappa shape index (κ3) is 5.24. The minimum Gasteiger partial charge on any atom is -0.507 e. The van der Waals surface area contributed by atoms with E-state index in [-0.39, 0.29) is 11.3 Å². The number of phenols is 1. The third-order valence-corrected chi connectivity index (χ3v) is 3.90. The molecule has 0 unspecified atom stereocenters. The smallest absolute Gasteiger partial charge is 0.342 e.